The molecule has 158 valence electrons. The Labute approximate surface area is 191 Å². The smallest absolute Gasteiger partial charge is 0.337 e. The van der Waals surface area contributed by atoms with E-state index in [4.69, 9.17) is 27.9 Å². The lowest BCUT2D eigenvalue weighted by Gasteiger charge is -2.26. The molecular formula is C22H15Cl2NO5S. The summed E-state index contributed by atoms with van der Waals surface area (Å²) in [6, 6.07) is 11.6. The summed E-state index contributed by atoms with van der Waals surface area (Å²) < 4.78 is 5.97. The topological polar surface area (TPSA) is 83.9 Å². The fraction of sp³-hybridized carbons (Fsp3) is 0.136. The summed E-state index contributed by atoms with van der Waals surface area (Å²) in [5.41, 5.74) is 0.866. The van der Waals surface area contributed by atoms with Crippen LogP contribution in [0.3, 0.4) is 0 Å². The molecule has 2 aromatic carbocycles. The summed E-state index contributed by atoms with van der Waals surface area (Å²) in [6.45, 7) is 1.79. The second-order valence-electron chi connectivity index (χ2n) is 6.86. The highest BCUT2D eigenvalue weighted by molar-refractivity contribution is 7.11. The van der Waals surface area contributed by atoms with Crippen molar-refractivity contribution in [1.82, 2.24) is 0 Å². The molecule has 2 heterocycles. The van der Waals surface area contributed by atoms with Crippen molar-refractivity contribution in [3.8, 4) is 5.75 Å². The normalized spacial score (nSPS) is 14.4. The summed E-state index contributed by atoms with van der Waals surface area (Å²) >= 11 is 13.6. The molecule has 0 aliphatic carbocycles. The molecule has 1 unspecified atom stereocenters. The SMILES string of the molecule is CC(Oc1cccc(N2C(=O)Cc3scc(C(=O)O)c3C2=O)c1)c1c(Cl)cccc1Cl. The molecule has 31 heavy (non-hydrogen) atoms. The van der Waals surface area contributed by atoms with Crippen molar-refractivity contribution in [3.05, 3.63) is 79.5 Å². The number of hydrogen-bond donors (Lipinski definition) is 1. The van der Waals surface area contributed by atoms with E-state index >= 15 is 0 Å². The second-order valence-corrected chi connectivity index (χ2v) is 8.64. The standard InChI is InChI=1S/C22H15Cl2NO5S/c1-11(19-15(23)6-3-7-16(19)24)30-13-5-2-4-12(8-13)25-18(26)9-17-20(21(25)27)14(10-31-17)22(28)29/h2-8,10-11H,9H2,1H3,(H,28,29). The maximum Gasteiger partial charge on any atom is 0.337 e. The molecule has 3 aromatic rings. The number of thiophene rings is 1. The number of nitrogens with zero attached hydrogens (tertiary/aromatic N) is 1. The van der Waals surface area contributed by atoms with Crippen LogP contribution in [0.25, 0.3) is 0 Å². The summed E-state index contributed by atoms with van der Waals surface area (Å²) in [4.78, 5) is 38.6. The number of ether oxygens (including phenoxy) is 1. The number of carboxylic acid groups (broad SMARTS) is 1. The number of carboxylic acids is 1. The molecule has 1 aliphatic rings. The van der Waals surface area contributed by atoms with Gasteiger partial charge < -0.3 is 9.84 Å². The van der Waals surface area contributed by atoms with E-state index in [0.717, 1.165) is 16.2 Å². The van der Waals surface area contributed by atoms with Gasteiger partial charge in [-0.05, 0) is 31.2 Å². The monoisotopic (exact) mass is 475 g/mol. The number of rotatable bonds is 5. The first-order valence-electron chi connectivity index (χ1n) is 9.19. The maximum atomic E-state index is 13.0. The van der Waals surface area contributed by atoms with Gasteiger partial charge in [-0.3, -0.25) is 9.59 Å². The third-order valence-electron chi connectivity index (χ3n) is 4.87. The lowest BCUT2D eigenvalue weighted by atomic mass is 10.0. The number of benzene rings is 2. The minimum atomic E-state index is -1.21. The lowest BCUT2D eigenvalue weighted by molar-refractivity contribution is -0.117. The Kier molecular flexibility index (Phi) is 5.75. The minimum absolute atomic E-state index is 0.0459. The number of carbonyl (C=O) groups is 3. The first-order chi connectivity index (χ1) is 14.8. The minimum Gasteiger partial charge on any atom is -0.486 e. The molecule has 0 saturated carbocycles. The number of fused-ring (bicyclic) bond motifs is 1. The summed E-state index contributed by atoms with van der Waals surface area (Å²) in [5.74, 6) is -1.90. The van der Waals surface area contributed by atoms with E-state index in [2.05, 4.69) is 0 Å². The van der Waals surface area contributed by atoms with Crippen molar-refractivity contribution < 1.29 is 24.2 Å². The van der Waals surface area contributed by atoms with Crippen LogP contribution in [0.1, 0.15) is 44.2 Å². The van der Waals surface area contributed by atoms with Crippen LogP contribution in [0.5, 0.6) is 5.75 Å². The van der Waals surface area contributed by atoms with Gasteiger partial charge in [-0.2, -0.15) is 0 Å². The fourth-order valence-electron chi connectivity index (χ4n) is 3.48. The predicted octanol–water partition coefficient (Wildman–Crippen LogP) is 5.62. The lowest BCUT2D eigenvalue weighted by Crippen LogP contribution is -2.42. The van der Waals surface area contributed by atoms with Crippen LogP contribution >= 0.6 is 34.5 Å². The molecule has 4 rings (SSSR count). The molecular weight excluding hydrogens is 461 g/mol. The van der Waals surface area contributed by atoms with Gasteiger partial charge in [-0.25, -0.2) is 9.69 Å². The van der Waals surface area contributed by atoms with Gasteiger partial charge in [-0.1, -0.05) is 35.3 Å². The Morgan fingerprint density at radius 3 is 2.52 bits per heavy atom. The highest BCUT2D eigenvalue weighted by atomic mass is 35.5. The molecule has 9 heteroatoms. The molecule has 2 amide bonds. The largest absolute Gasteiger partial charge is 0.486 e. The Balaban J connectivity index is 1.65. The zero-order chi connectivity index (χ0) is 22.3. The highest BCUT2D eigenvalue weighted by Crippen LogP contribution is 2.36. The van der Waals surface area contributed by atoms with Gasteiger partial charge in [0, 0.05) is 31.9 Å². The fourth-order valence-corrected chi connectivity index (χ4v) is 5.19. The van der Waals surface area contributed by atoms with Gasteiger partial charge in [0.05, 0.1) is 23.2 Å². The van der Waals surface area contributed by atoms with E-state index in [1.54, 1.807) is 49.4 Å². The first kappa shape index (κ1) is 21.4. The third-order valence-corrected chi connectivity index (χ3v) is 6.52. The molecule has 1 aromatic heterocycles. The van der Waals surface area contributed by atoms with Crippen LogP contribution in [0.2, 0.25) is 10.0 Å². The van der Waals surface area contributed by atoms with Crippen molar-refractivity contribution >= 4 is 58.0 Å². The number of imide groups is 1. The zero-order valence-corrected chi connectivity index (χ0v) is 18.4. The van der Waals surface area contributed by atoms with E-state index in [-0.39, 0.29) is 23.2 Å². The van der Waals surface area contributed by atoms with E-state index in [1.807, 2.05) is 0 Å². The van der Waals surface area contributed by atoms with Crippen molar-refractivity contribution in [1.29, 1.82) is 0 Å². The van der Waals surface area contributed by atoms with Crippen LogP contribution in [-0.2, 0) is 11.2 Å². The Hall–Kier alpha value is -2.87. The van der Waals surface area contributed by atoms with Crippen LogP contribution in [0.15, 0.2) is 47.8 Å². The van der Waals surface area contributed by atoms with E-state index in [0.29, 0.717) is 26.2 Å². The number of aromatic carboxylic acids is 1. The van der Waals surface area contributed by atoms with Gasteiger partial charge in [0.25, 0.3) is 5.91 Å². The number of carbonyl (C=O) groups excluding carboxylic acids is 2. The highest BCUT2D eigenvalue weighted by Gasteiger charge is 2.37. The third kappa shape index (κ3) is 3.92. The Morgan fingerprint density at radius 2 is 1.84 bits per heavy atom. The van der Waals surface area contributed by atoms with Crippen LogP contribution in [0.4, 0.5) is 5.69 Å². The first-order valence-corrected chi connectivity index (χ1v) is 10.8. The average molecular weight is 476 g/mol. The van der Waals surface area contributed by atoms with E-state index in [9.17, 15) is 19.5 Å². The quantitative estimate of drug-likeness (QED) is 0.483. The van der Waals surface area contributed by atoms with Crippen molar-refractivity contribution in [2.45, 2.75) is 19.4 Å². The molecule has 0 bridgehead atoms. The van der Waals surface area contributed by atoms with Gasteiger partial charge in [0.2, 0.25) is 5.91 Å². The van der Waals surface area contributed by atoms with Crippen molar-refractivity contribution in [2.24, 2.45) is 0 Å². The molecule has 0 radical (unpaired) electrons. The second kappa shape index (κ2) is 8.34. The summed E-state index contributed by atoms with van der Waals surface area (Å²) in [7, 11) is 0. The van der Waals surface area contributed by atoms with Gasteiger partial charge in [0.1, 0.15) is 11.9 Å². The number of halogens is 2. The molecule has 0 fully saturated rings. The number of amides is 2. The number of hydrogen-bond acceptors (Lipinski definition) is 5. The van der Waals surface area contributed by atoms with Crippen molar-refractivity contribution in [3.63, 3.8) is 0 Å². The maximum absolute atomic E-state index is 13.0. The molecule has 1 aliphatic heterocycles. The zero-order valence-electron chi connectivity index (χ0n) is 16.1. The van der Waals surface area contributed by atoms with Crippen LogP contribution < -0.4 is 9.64 Å². The molecule has 1 atom stereocenters. The molecule has 6 nitrogen and oxygen atoms in total. The van der Waals surface area contributed by atoms with Gasteiger partial charge in [-0.15, -0.1) is 11.3 Å². The van der Waals surface area contributed by atoms with Gasteiger partial charge >= 0.3 is 5.97 Å². The molecule has 0 spiro atoms. The van der Waals surface area contributed by atoms with E-state index in [1.165, 1.54) is 5.38 Å². The summed E-state index contributed by atoms with van der Waals surface area (Å²) in [6.07, 6.45) is -0.540. The van der Waals surface area contributed by atoms with Crippen LogP contribution in [-0.4, -0.2) is 22.9 Å². The Bertz CT molecular complexity index is 1200. The Morgan fingerprint density at radius 1 is 1.16 bits per heavy atom. The number of anilines is 1. The van der Waals surface area contributed by atoms with Crippen molar-refractivity contribution in [2.75, 3.05) is 4.90 Å². The molecule has 1 N–H and O–H groups in total. The predicted molar refractivity (Wildman–Crippen MR) is 119 cm³/mol. The molecule has 0 saturated heterocycles. The van der Waals surface area contributed by atoms with Crippen LogP contribution in [0, 0.1) is 0 Å². The summed E-state index contributed by atoms with van der Waals surface area (Å²) in [5, 5.41) is 11.7. The average Bonchev–Trinajstić information content (AvgIpc) is 3.12. The van der Waals surface area contributed by atoms with Gasteiger partial charge in [0.15, 0.2) is 0 Å². The van der Waals surface area contributed by atoms with E-state index < -0.39 is 23.9 Å².